The van der Waals surface area contributed by atoms with E-state index in [9.17, 15) is 14.4 Å². The Hall–Kier alpha value is -2.47. The van der Waals surface area contributed by atoms with Gasteiger partial charge in [0.1, 0.15) is 0 Å². The molecule has 2 amide bonds. The zero-order valence-electron chi connectivity index (χ0n) is 9.49. The number of carboxylic acid groups (broad SMARTS) is 1. The number of amides is 2. The fourth-order valence-corrected chi connectivity index (χ4v) is 2.61. The Balaban J connectivity index is 2.12. The number of anilines is 1. The number of hydrogen-bond donors (Lipinski definition) is 1. The van der Waals surface area contributed by atoms with Gasteiger partial charge in [0.05, 0.1) is 22.4 Å². The summed E-state index contributed by atoms with van der Waals surface area (Å²) in [5.74, 6) is -2.03. The molecule has 19 heavy (non-hydrogen) atoms. The third-order valence-corrected chi connectivity index (χ3v) is 3.57. The fourth-order valence-electron chi connectivity index (χ4n) is 1.99. The Labute approximate surface area is 111 Å². The maximum absolute atomic E-state index is 12.2. The van der Waals surface area contributed by atoms with E-state index >= 15 is 0 Å². The molecule has 5 nitrogen and oxygen atoms in total. The zero-order valence-corrected chi connectivity index (χ0v) is 10.3. The summed E-state index contributed by atoms with van der Waals surface area (Å²) in [4.78, 5) is 36.3. The van der Waals surface area contributed by atoms with Gasteiger partial charge < -0.3 is 5.11 Å². The summed E-state index contributed by atoms with van der Waals surface area (Å²) in [6.45, 7) is 0. The van der Waals surface area contributed by atoms with Crippen molar-refractivity contribution in [3.05, 3.63) is 51.7 Å². The van der Waals surface area contributed by atoms with E-state index in [0.717, 1.165) is 4.90 Å². The van der Waals surface area contributed by atoms with E-state index in [1.165, 1.54) is 29.5 Å². The van der Waals surface area contributed by atoms with Crippen LogP contribution >= 0.6 is 11.3 Å². The van der Waals surface area contributed by atoms with Crippen LogP contribution < -0.4 is 4.90 Å². The van der Waals surface area contributed by atoms with Gasteiger partial charge in [-0.2, -0.15) is 11.3 Å². The van der Waals surface area contributed by atoms with Gasteiger partial charge in [0.15, 0.2) is 0 Å². The number of rotatable bonds is 2. The second-order valence-corrected chi connectivity index (χ2v) is 4.77. The number of aromatic carboxylic acids is 1. The van der Waals surface area contributed by atoms with Crippen LogP contribution in [0.15, 0.2) is 35.0 Å². The summed E-state index contributed by atoms with van der Waals surface area (Å²) < 4.78 is 0. The number of carboxylic acids is 1. The van der Waals surface area contributed by atoms with Crippen LogP contribution in [0.2, 0.25) is 0 Å². The molecule has 1 aromatic carbocycles. The van der Waals surface area contributed by atoms with Gasteiger partial charge in [0.25, 0.3) is 11.8 Å². The minimum Gasteiger partial charge on any atom is -0.478 e. The molecule has 0 bridgehead atoms. The van der Waals surface area contributed by atoms with Crippen LogP contribution in [0.5, 0.6) is 0 Å². The standard InChI is InChI=1S/C13H7NO4S/c15-11-9-2-1-7(13(17)18)5-10(9)12(16)14(11)8-3-4-19-6-8/h1-6H,(H,17,18). The molecule has 0 fully saturated rings. The first-order chi connectivity index (χ1) is 9.09. The number of thiophene rings is 1. The van der Waals surface area contributed by atoms with Crippen molar-refractivity contribution >= 4 is 34.8 Å². The maximum Gasteiger partial charge on any atom is 0.335 e. The summed E-state index contributed by atoms with van der Waals surface area (Å²) in [5.41, 5.74) is 0.873. The molecule has 0 aliphatic carbocycles. The van der Waals surface area contributed by atoms with E-state index in [0.29, 0.717) is 5.69 Å². The van der Waals surface area contributed by atoms with Crippen molar-refractivity contribution in [3.63, 3.8) is 0 Å². The normalized spacial score (nSPS) is 13.8. The highest BCUT2D eigenvalue weighted by Gasteiger charge is 2.37. The van der Waals surface area contributed by atoms with E-state index in [4.69, 9.17) is 5.11 Å². The fraction of sp³-hybridized carbons (Fsp3) is 0. The monoisotopic (exact) mass is 273 g/mol. The molecule has 2 heterocycles. The smallest absolute Gasteiger partial charge is 0.335 e. The molecule has 0 saturated heterocycles. The topological polar surface area (TPSA) is 74.7 Å². The average Bonchev–Trinajstić information content (AvgIpc) is 2.98. The number of fused-ring (bicyclic) bond motifs is 1. The number of imide groups is 1. The van der Waals surface area contributed by atoms with E-state index in [-0.39, 0.29) is 16.7 Å². The minimum atomic E-state index is -1.13. The lowest BCUT2D eigenvalue weighted by Gasteiger charge is -2.10. The zero-order chi connectivity index (χ0) is 13.6. The molecule has 0 radical (unpaired) electrons. The lowest BCUT2D eigenvalue weighted by Crippen LogP contribution is -2.28. The molecule has 1 aliphatic heterocycles. The molecule has 0 saturated carbocycles. The molecule has 6 heteroatoms. The van der Waals surface area contributed by atoms with Crippen LogP contribution in [-0.4, -0.2) is 22.9 Å². The molecular weight excluding hydrogens is 266 g/mol. The van der Waals surface area contributed by atoms with Crippen LogP contribution in [0.25, 0.3) is 0 Å². The van der Waals surface area contributed by atoms with Crippen LogP contribution in [0.3, 0.4) is 0 Å². The summed E-state index contributed by atoms with van der Waals surface area (Å²) in [7, 11) is 0. The van der Waals surface area contributed by atoms with Crippen molar-refractivity contribution < 1.29 is 19.5 Å². The van der Waals surface area contributed by atoms with E-state index < -0.39 is 17.8 Å². The first kappa shape index (κ1) is 11.6. The quantitative estimate of drug-likeness (QED) is 0.851. The number of carbonyl (C=O) groups is 3. The first-order valence-electron chi connectivity index (χ1n) is 5.38. The van der Waals surface area contributed by atoms with Crippen molar-refractivity contribution in [1.82, 2.24) is 0 Å². The third-order valence-electron chi connectivity index (χ3n) is 2.90. The van der Waals surface area contributed by atoms with E-state index in [2.05, 4.69) is 0 Å². The van der Waals surface area contributed by atoms with Gasteiger partial charge in [-0.25, -0.2) is 9.69 Å². The van der Waals surface area contributed by atoms with Crippen molar-refractivity contribution in [2.24, 2.45) is 0 Å². The van der Waals surface area contributed by atoms with Gasteiger partial charge in [-0.05, 0) is 29.6 Å². The van der Waals surface area contributed by atoms with Gasteiger partial charge in [0.2, 0.25) is 0 Å². The first-order valence-corrected chi connectivity index (χ1v) is 6.32. The molecule has 0 spiro atoms. The average molecular weight is 273 g/mol. The second kappa shape index (κ2) is 4.03. The molecule has 0 atom stereocenters. The van der Waals surface area contributed by atoms with Crippen LogP contribution in [0, 0.1) is 0 Å². The lowest BCUT2D eigenvalue weighted by molar-refractivity contribution is 0.0696. The summed E-state index contributed by atoms with van der Waals surface area (Å²) in [5, 5.41) is 12.4. The Morgan fingerprint density at radius 1 is 1.11 bits per heavy atom. The molecule has 3 rings (SSSR count). The summed E-state index contributed by atoms with van der Waals surface area (Å²) in [6.07, 6.45) is 0. The lowest BCUT2D eigenvalue weighted by atomic mass is 10.1. The Morgan fingerprint density at radius 2 is 1.84 bits per heavy atom. The summed E-state index contributed by atoms with van der Waals surface area (Å²) in [6, 6.07) is 5.61. The summed E-state index contributed by atoms with van der Waals surface area (Å²) >= 11 is 1.38. The highest BCUT2D eigenvalue weighted by molar-refractivity contribution is 7.08. The Kier molecular flexibility index (Phi) is 2.46. The molecular formula is C13H7NO4S. The SMILES string of the molecule is O=C(O)c1ccc2c(c1)C(=O)N(c1ccsc1)C2=O. The number of benzene rings is 1. The number of nitrogens with zero attached hydrogens (tertiary/aromatic N) is 1. The number of carbonyl (C=O) groups excluding carboxylic acids is 2. The Bertz CT molecular complexity index is 705. The van der Waals surface area contributed by atoms with E-state index in [1.807, 2.05) is 0 Å². The predicted octanol–water partition coefficient (Wildman–Crippen LogP) is 2.25. The molecule has 1 aliphatic rings. The van der Waals surface area contributed by atoms with Gasteiger partial charge in [-0.1, -0.05) is 0 Å². The molecule has 0 unspecified atom stereocenters. The molecule has 1 aromatic heterocycles. The second-order valence-electron chi connectivity index (χ2n) is 3.99. The maximum atomic E-state index is 12.2. The van der Waals surface area contributed by atoms with Crippen molar-refractivity contribution in [2.75, 3.05) is 4.90 Å². The van der Waals surface area contributed by atoms with Crippen molar-refractivity contribution in [3.8, 4) is 0 Å². The van der Waals surface area contributed by atoms with Gasteiger partial charge in [-0.15, -0.1) is 0 Å². The van der Waals surface area contributed by atoms with Gasteiger partial charge in [0, 0.05) is 5.38 Å². The predicted molar refractivity (Wildman–Crippen MR) is 68.9 cm³/mol. The Morgan fingerprint density at radius 3 is 2.47 bits per heavy atom. The molecule has 2 aromatic rings. The van der Waals surface area contributed by atoms with Crippen LogP contribution in [-0.2, 0) is 0 Å². The molecule has 1 N–H and O–H groups in total. The van der Waals surface area contributed by atoms with Crippen molar-refractivity contribution in [1.29, 1.82) is 0 Å². The van der Waals surface area contributed by atoms with Crippen molar-refractivity contribution in [2.45, 2.75) is 0 Å². The van der Waals surface area contributed by atoms with Crippen LogP contribution in [0.1, 0.15) is 31.1 Å². The van der Waals surface area contributed by atoms with Gasteiger partial charge >= 0.3 is 5.97 Å². The number of hydrogen-bond acceptors (Lipinski definition) is 4. The minimum absolute atomic E-state index is 0.00734. The van der Waals surface area contributed by atoms with Crippen LogP contribution in [0.4, 0.5) is 5.69 Å². The van der Waals surface area contributed by atoms with Gasteiger partial charge in [-0.3, -0.25) is 9.59 Å². The third kappa shape index (κ3) is 1.65. The largest absolute Gasteiger partial charge is 0.478 e. The highest BCUT2D eigenvalue weighted by atomic mass is 32.1. The van der Waals surface area contributed by atoms with E-state index in [1.54, 1.807) is 16.8 Å². The highest BCUT2D eigenvalue weighted by Crippen LogP contribution is 2.30. The molecule has 94 valence electrons.